The van der Waals surface area contributed by atoms with Crippen LogP contribution in [0.1, 0.15) is 5.56 Å². The van der Waals surface area contributed by atoms with Gasteiger partial charge in [0, 0.05) is 11.8 Å². The Balaban J connectivity index is 2.14. The highest BCUT2D eigenvalue weighted by molar-refractivity contribution is 7.13. The van der Waals surface area contributed by atoms with E-state index in [1.807, 2.05) is 6.92 Å². The summed E-state index contributed by atoms with van der Waals surface area (Å²) in [5, 5.41) is 13.1. The van der Waals surface area contributed by atoms with Crippen LogP contribution in [-0.2, 0) is 0 Å². The van der Waals surface area contributed by atoms with Crippen LogP contribution in [0.3, 0.4) is 0 Å². The predicted octanol–water partition coefficient (Wildman–Crippen LogP) is 2.51. The molecule has 0 bridgehead atoms. The number of nitrogens with one attached hydrogen (secondary N) is 2. The van der Waals surface area contributed by atoms with Crippen LogP contribution in [-0.4, -0.2) is 30.4 Å². The average Bonchev–Trinajstić information content (AvgIpc) is 2.93. The number of anilines is 2. The van der Waals surface area contributed by atoms with Crippen LogP contribution in [0.15, 0.2) is 17.6 Å². The summed E-state index contributed by atoms with van der Waals surface area (Å²) in [5.74, 6) is 1.16. The van der Waals surface area contributed by atoms with E-state index < -0.39 is 6.03 Å². The number of hydrogen-bond acceptors (Lipinski definition) is 6. The second-order valence-electron chi connectivity index (χ2n) is 3.85. The zero-order valence-electron chi connectivity index (χ0n) is 11.3. The van der Waals surface area contributed by atoms with Crippen LogP contribution >= 0.6 is 11.3 Å². The van der Waals surface area contributed by atoms with Gasteiger partial charge in [-0.2, -0.15) is 0 Å². The second-order valence-corrected chi connectivity index (χ2v) is 4.68. The van der Waals surface area contributed by atoms with Crippen LogP contribution in [0.5, 0.6) is 11.5 Å². The number of carbonyl (C=O) groups excluding carboxylic acids is 1. The maximum atomic E-state index is 11.8. The summed E-state index contributed by atoms with van der Waals surface area (Å²) < 4.78 is 10.4. The highest BCUT2D eigenvalue weighted by Gasteiger charge is 2.11. The predicted molar refractivity (Wildman–Crippen MR) is 76.8 cm³/mol. The van der Waals surface area contributed by atoms with Crippen molar-refractivity contribution in [3.63, 3.8) is 0 Å². The van der Waals surface area contributed by atoms with E-state index in [-0.39, 0.29) is 0 Å². The number of nitrogens with zero attached hydrogens (tertiary/aromatic N) is 2. The van der Waals surface area contributed by atoms with Gasteiger partial charge in [0.15, 0.2) is 11.5 Å². The van der Waals surface area contributed by atoms with Crippen molar-refractivity contribution in [1.82, 2.24) is 10.2 Å². The number of hydrogen-bond donors (Lipinski definition) is 2. The van der Waals surface area contributed by atoms with Crippen LogP contribution in [0, 0.1) is 6.92 Å². The zero-order valence-corrected chi connectivity index (χ0v) is 12.1. The third-order valence-electron chi connectivity index (χ3n) is 2.56. The number of aryl methyl sites for hydroxylation is 1. The lowest BCUT2D eigenvalue weighted by Gasteiger charge is -2.13. The van der Waals surface area contributed by atoms with E-state index >= 15 is 0 Å². The van der Waals surface area contributed by atoms with Crippen LogP contribution in [0.4, 0.5) is 15.6 Å². The fourth-order valence-electron chi connectivity index (χ4n) is 1.59. The Morgan fingerprint density at radius 2 is 1.90 bits per heavy atom. The third kappa shape index (κ3) is 3.15. The second kappa shape index (κ2) is 6.20. The van der Waals surface area contributed by atoms with Gasteiger partial charge in [-0.3, -0.25) is 5.32 Å². The molecule has 2 rings (SSSR count). The number of benzene rings is 1. The third-order valence-corrected chi connectivity index (χ3v) is 3.17. The van der Waals surface area contributed by atoms with Gasteiger partial charge >= 0.3 is 6.03 Å². The van der Waals surface area contributed by atoms with Crippen molar-refractivity contribution >= 4 is 28.2 Å². The van der Waals surface area contributed by atoms with Crippen LogP contribution in [0.2, 0.25) is 0 Å². The van der Waals surface area contributed by atoms with Gasteiger partial charge in [0.25, 0.3) is 0 Å². The molecule has 0 fully saturated rings. The Morgan fingerprint density at radius 3 is 2.50 bits per heavy atom. The highest BCUT2D eigenvalue weighted by atomic mass is 32.1. The Kier molecular flexibility index (Phi) is 4.36. The van der Waals surface area contributed by atoms with E-state index in [4.69, 9.17) is 9.47 Å². The lowest BCUT2D eigenvalue weighted by molar-refractivity contribution is 0.262. The molecular weight excluding hydrogens is 280 g/mol. The quantitative estimate of drug-likeness (QED) is 0.905. The number of ether oxygens (including phenoxy) is 2. The molecule has 0 aliphatic carbocycles. The molecule has 1 aromatic carbocycles. The minimum atomic E-state index is -0.392. The Hall–Kier alpha value is -2.35. The summed E-state index contributed by atoms with van der Waals surface area (Å²) >= 11 is 1.24. The lowest BCUT2D eigenvalue weighted by Crippen LogP contribution is -2.20. The molecule has 2 N–H and O–H groups in total. The smallest absolute Gasteiger partial charge is 0.325 e. The number of aromatic nitrogens is 2. The zero-order chi connectivity index (χ0) is 14.5. The van der Waals surface area contributed by atoms with Crippen molar-refractivity contribution in [2.45, 2.75) is 6.92 Å². The Bertz CT molecular complexity index is 601. The van der Waals surface area contributed by atoms with E-state index in [1.54, 1.807) is 19.2 Å². The van der Waals surface area contributed by atoms with Gasteiger partial charge in [-0.15, -0.1) is 10.2 Å². The molecule has 2 aromatic rings. The molecule has 20 heavy (non-hydrogen) atoms. The molecule has 2 amide bonds. The van der Waals surface area contributed by atoms with Gasteiger partial charge in [0.1, 0.15) is 5.51 Å². The normalized spacial score (nSPS) is 9.95. The molecule has 106 valence electrons. The van der Waals surface area contributed by atoms with E-state index in [1.165, 1.54) is 24.0 Å². The summed E-state index contributed by atoms with van der Waals surface area (Å²) in [6.07, 6.45) is 0. The number of amides is 2. The summed E-state index contributed by atoms with van der Waals surface area (Å²) in [4.78, 5) is 11.8. The van der Waals surface area contributed by atoms with E-state index in [0.29, 0.717) is 22.3 Å². The van der Waals surface area contributed by atoms with Gasteiger partial charge in [-0.05, 0) is 18.6 Å². The molecule has 0 unspecified atom stereocenters. The first-order valence-electron chi connectivity index (χ1n) is 5.71. The van der Waals surface area contributed by atoms with Gasteiger partial charge in [0.05, 0.1) is 14.2 Å². The van der Waals surface area contributed by atoms with Crippen molar-refractivity contribution in [2.24, 2.45) is 0 Å². The maximum absolute atomic E-state index is 11.8. The molecule has 1 aromatic heterocycles. The molecule has 0 atom stereocenters. The van der Waals surface area contributed by atoms with Crippen LogP contribution < -0.4 is 20.1 Å². The molecule has 8 heteroatoms. The topological polar surface area (TPSA) is 85.4 Å². The summed E-state index contributed by atoms with van der Waals surface area (Å²) in [6.45, 7) is 1.86. The van der Waals surface area contributed by atoms with E-state index in [0.717, 1.165) is 5.56 Å². The molecule has 7 nitrogen and oxygen atoms in total. The molecule has 0 aliphatic rings. The molecule has 1 heterocycles. The fraction of sp³-hybridized carbons (Fsp3) is 0.250. The molecule has 0 spiro atoms. The summed E-state index contributed by atoms with van der Waals surface area (Å²) in [6, 6.07) is 3.10. The summed E-state index contributed by atoms with van der Waals surface area (Å²) in [7, 11) is 3.10. The van der Waals surface area contributed by atoms with Crippen molar-refractivity contribution in [1.29, 1.82) is 0 Å². The molecule has 0 saturated carbocycles. The SMILES string of the molecule is COc1cc(C)c(NC(=O)Nc2nncs2)cc1OC. The highest BCUT2D eigenvalue weighted by Crippen LogP contribution is 2.32. The molecule has 0 radical (unpaired) electrons. The first-order valence-corrected chi connectivity index (χ1v) is 6.58. The Morgan fingerprint density at radius 1 is 1.20 bits per heavy atom. The number of urea groups is 1. The van der Waals surface area contributed by atoms with Gasteiger partial charge in [-0.1, -0.05) is 11.3 Å². The van der Waals surface area contributed by atoms with Crippen molar-refractivity contribution < 1.29 is 14.3 Å². The average molecular weight is 294 g/mol. The number of carbonyl (C=O) groups is 1. The van der Waals surface area contributed by atoms with Crippen molar-refractivity contribution in [2.75, 3.05) is 24.9 Å². The van der Waals surface area contributed by atoms with Gasteiger partial charge < -0.3 is 14.8 Å². The summed E-state index contributed by atoms with van der Waals surface area (Å²) in [5.41, 5.74) is 3.02. The van der Waals surface area contributed by atoms with E-state index in [9.17, 15) is 4.79 Å². The van der Waals surface area contributed by atoms with Gasteiger partial charge in [0.2, 0.25) is 5.13 Å². The fourth-order valence-corrected chi connectivity index (χ4v) is 2.03. The number of rotatable bonds is 4. The molecule has 0 aliphatic heterocycles. The molecular formula is C12H14N4O3S. The maximum Gasteiger partial charge on any atom is 0.325 e. The largest absolute Gasteiger partial charge is 0.493 e. The number of methoxy groups -OCH3 is 2. The van der Waals surface area contributed by atoms with Crippen molar-refractivity contribution in [3.8, 4) is 11.5 Å². The first kappa shape index (κ1) is 14.1. The monoisotopic (exact) mass is 294 g/mol. The lowest BCUT2D eigenvalue weighted by atomic mass is 10.1. The van der Waals surface area contributed by atoms with E-state index in [2.05, 4.69) is 20.8 Å². The van der Waals surface area contributed by atoms with Crippen LogP contribution in [0.25, 0.3) is 0 Å². The van der Waals surface area contributed by atoms with Crippen molar-refractivity contribution in [3.05, 3.63) is 23.2 Å². The Labute approximate surface area is 119 Å². The standard InChI is InChI=1S/C12H14N4O3S/c1-7-4-9(18-2)10(19-3)5-8(7)14-11(17)15-12-16-13-6-20-12/h4-6H,1-3H3,(H2,14,15,16,17). The molecule has 0 saturated heterocycles. The minimum Gasteiger partial charge on any atom is -0.493 e. The first-order chi connectivity index (χ1) is 9.63. The van der Waals surface area contributed by atoms with Gasteiger partial charge in [-0.25, -0.2) is 4.79 Å². The minimum absolute atomic E-state index is 0.392.